The number of carbonyl (C=O) groups excluding carboxylic acids is 1. The van der Waals surface area contributed by atoms with Gasteiger partial charge in [-0.1, -0.05) is 39.5 Å². The molecule has 0 saturated heterocycles. The van der Waals surface area contributed by atoms with Crippen LogP contribution in [0, 0.1) is 5.92 Å². The lowest BCUT2D eigenvalue weighted by molar-refractivity contribution is -0.140. The van der Waals surface area contributed by atoms with Crippen molar-refractivity contribution in [1.82, 2.24) is 10.6 Å². The number of aliphatic carboxylic acids is 1. The Hall–Kier alpha value is -0.910. The van der Waals surface area contributed by atoms with Crippen molar-refractivity contribution in [3.05, 3.63) is 0 Å². The highest BCUT2D eigenvalue weighted by molar-refractivity contribution is 8.00. The van der Waals surface area contributed by atoms with Gasteiger partial charge in [-0.3, -0.25) is 0 Å². The summed E-state index contributed by atoms with van der Waals surface area (Å²) >= 11 is 1.81. The summed E-state index contributed by atoms with van der Waals surface area (Å²) in [6, 6.07) is -1.20. The average molecular weight is 316 g/mol. The first kappa shape index (κ1) is 18.1. The molecule has 1 aliphatic rings. The summed E-state index contributed by atoms with van der Waals surface area (Å²) in [4.78, 5) is 23.2. The highest BCUT2D eigenvalue weighted by Gasteiger charge is 2.32. The summed E-state index contributed by atoms with van der Waals surface area (Å²) in [6.07, 6.45) is 8.70. The van der Waals surface area contributed by atoms with Crippen molar-refractivity contribution in [3.8, 4) is 0 Å². The zero-order chi connectivity index (χ0) is 15.9. The van der Waals surface area contributed by atoms with Crippen LogP contribution in [0.2, 0.25) is 0 Å². The van der Waals surface area contributed by atoms with Gasteiger partial charge in [-0.15, -0.1) is 0 Å². The molecule has 1 saturated carbocycles. The molecule has 0 aromatic heterocycles. The van der Waals surface area contributed by atoms with E-state index < -0.39 is 12.0 Å². The van der Waals surface area contributed by atoms with Crippen molar-refractivity contribution < 1.29 is 14.7 Å². The summed E-state index contributed by atoms with van der Waals surface area (Å²) in [5, 5.41) is 14.7. The predicted molar refractivity (Wildman–Crippen MR) is 86.7 cm³/mol. The quantitative estimate of drug-likeness (QED) is 0.675. The Morgan fingerprint density at radius 3 is 2.38 bits per heavy atom. The van der Waals surface area contributed by atoms with Crippen LogP contribution in [0.1, 0.15) is 52.4 Å². The molecule has 2 atom stereocenters. The molecule has 0 unspecified atom stereocenters. The van der Waals surface area contributed by atoms with Crippen molar-refractivity contribution in [2.24, 2.45) is 5.92 Å². The molecule has 0 aliphatic heterocycles. The lowest BCUT2D eigenvalue weighted by Crippen LogP contribution is -2.52. The Morgan fingerprint density at radius 2 is 1.90 bits per heavy atom. The number of carboxylic acids is 1. The number of nitrogens with one attached hydrogen (secondary N) is 2. The predicted octanol–water partition coefficient (Wildman–Crippen LogP) is 2.85. The third-order valence-electron chi connectivity index (χ3n) is 4.53. The van der Waals surface area contributed by atoms with Gasteiger partial charge in [0.2, 0.25) is 0 Å². The Balaban J connectivity index is 2.50. The second kappa shape index (κ2) is 8.51. The summed E-state index contributed by atoms with van der Waals surface area (Å²) in [7, 11) is 0. The van der Waals surface area contributed by atoms with Crippen LogP contribution in [-0.2, 0) is 4.79 Å². The van der Waals surface area contributed by atoms with E-state index >= 15 is 0 Å². The first-order valence-corrected chi connectivity index (χ1v) is 8.99. The third-order valence-corrected chi connectivity index (χ3v) is 5.95. The second-order valence-electron chi connectivity index (χ2n) is 5.98. The molecular formula is C15H28N2O3S. The first-order chi connectivity index (χ1) is 9.94. The highest BCUT2D eigenvalue weighted by Crippen LogP contribution is 2.37. The molecular weight excluding hydrogens is 288 g/mol. The number of hydrogen-bond acceptors (Lipinski definition) is 3. The zero-order valence-corrected chi connectivity index (χ0v) is 14.1. The van der Waals surface area contributed by atoms with Crippen LogP contribution in [0.5, 0.6) is 0 Å². The molecule has 1 aliphatic carbocycles. The molecule has 0 aromatic rings. The van der Waals surface area contributed by atoms with Crippen LogP contribution in [0.25, 0.3) is 0 Å². The normalized spacial score (nSPS) is 20.3. The van der Waals surface area contributed by atoms with Gasteiger partial charge < -0.3 is 15.7 Å². The molecule has 1 rings (SSSR count). The summed E-state index contributed by atoms with van der Waals surface area (Å²) in [5.74, 6) is -1.06. The largest absolute Gasteiger partial charge is 0.480 e. The van der Waals surface area contributed by atoms with Crippen LogP contribution < -0.4 is 10.6 Å². The average Bonchev–Trinajstić information content (AvgIpc) is 2.50. The van der Waals surface area contributed by atoms with E-state index in [1.807, 2.05) is 25.6 Å². The number of amides is 2. The van der Waals surface area contributed by atoms with Gasteiger partial charge in [0.15, 0.2) is 0 Å². The molecule has 5 nitrogen and oxygen atoms in total. The fraction of sp³-hybridized carbons (Fsp3) is 0.867. The van der Waals surface area contributed by atoms with E-state index in [-0.39, 0.29) is 16.7 Å². The SMILES string of the molecule is CC[C@H](C)[C@H](NC(=O)NCC1(SC)CCCCC1)C(=O)O. The van der Waals surface area contributed by atoms with E-state index in [1.165, 1.54) is 19.3 Å². The zero-order valence-electron chi connectivity index (χ0n) is 13.3. The number of thioether (sulfide) groups is 1. The Kier molecular flexibility index (Phi) is 7.35. The van der Waals surface area contributed by atoms with Crippen LogP contribution in [0.4, 0.5) is 4.79 Å². The maximum atomic E-state index is 12.0. The molecule has 0 heterocycles. The van der Waals surface area contributed by atoms with Gasteiger partial charge in [-0.05, 0) is 25.0 Å². The third kappa shape index (κ3) is 5.41. The number of carboxylic acid groups (broad SMARTS) is 1. The fourth-order valence-corrected chi connectivity index (χ4v) is 3.68. The van der Waals surface area contributed by atoms with E-state index in [2.05, 4.69) is 16.9 Å². The lowest BCUT2D eigenvalue weighted by atomic mass is 9.88. The smallest absolute Gasteiger partial charge is 0.326 e. The molecule has 6 heteroatoms. The monoisotopic (exact) mass is 316 g/mol. The molecule has 0 bridgehead atoms. The number of rotatable bonds is 7. The maximum absolute atomic E-state index is 12.0. The van der Waals surface area contributed by atoms with E-state index in [9.17, 15) is 14.7 Å². The van der Waals surface area contributed by atoms with Crippen molar-refractivity contribution in [3.63, 3.8) is 0 Å². The van der Waals surface area contributed by atoms with Gasteiger partial charge >= 0.3 is 12.0 Å². The minimum Gasteiger partial charge on any atom is -0.480 e. The number of carbonyl (C=O) groups is 2. The fourth-order valence-electron chi connectivity index (χ4n) is 2.77. The van der Waals surface area contributed by atoms with Gasteiger partial charge in [0.05, 0.1) is 0 Å². The van der Waals surface area contributed by atoms with E-state index in [4.69, 9.17) is 0 Å². The van der Waals surface area contributed by atoms with Gasteiger partial charge in [0, 0.05) is 11.3 Å². The van der Waals surface area contributed by atoms with Crippen LogP contribution in [-0.4, -0.2) is 40.7 Å². The number of hydrogen-bond donors (Lipinski definition) is 3. The molecule has 2 amide bonds. The molecule has 21 heavy (non-hydrogen) atoms. The molecule has 0 aromatic carbocycles. The van der Waals surface area contributed by atoms with Gasteiger partial charge in [0.1, 0.15) is 6.04 Å². The van der Waals surface area contributed by atoms with Crippen molar-refractivity contribution >= 4 is 23.8 Å². The maximum Gasteiger partial charge on any atom is 0.326 e. The standard InChI is InChI=1S/C15H28N2O3S/c1-4-11(2)12(13(18)19)17-14(20)16-10-15(21-3)8-6-5-7-9-15/h11-12H,4-10H2,1-3H3,(H,18,19)(H2,16,17,20)/t11-,12-/m0/s1. The Morgan fingerprint density at radius 1 is 1.29 bits per heavy atom. The van der Waals surface area contributed by atoms with Crippen molar-refractivity contribution in [2.75, 3.05) is 12.8 Å². The second-order valence-corrected chi connectivity index (χ2v) is 7.25. The Bertz CT molecular complexity index is 357. The molecule has 122 valence electrons. The minimum atomic E-state index is -0.975. The molecule has 0 radical (unpaired) electrons. The first-order valence-electron chi connectivity index (χ1n) is 7.76. The topological polar surface area (TPSA) is 78.4 Å². The van der Waals surface area contributed by atoms with E-state index in [0.717, 1.165) is 12.8 Å². The number of urea groups is 1. The van der Waals surface area contributed by atoms with Crippen LogP contribution >= 0.6 is 11.8 Å². The van der Waals surface area contributed by atoms with E-state index in [0.29, 0.717) is 13.0 Å². The molecule has 3 N–H and O–H groups in total. The Labute approximate surface area is 131 Å². The highest BCUT2D eigenvalue weighted by atomic mass is 32.2. The summed E-state index contributed by atoms with van der Waals surface area (Å²) < 4.78 is 0.116. The van der Waals surface area contributed by atoms with E-state index in [1.54, 1.807) is 0 Å². The van der Waals surface area contributed by atoms with Crippen LogP contribution in [0.15, 0.2) is 0 Å². The van der Waals surface area contributed by atoms with Crippen LogP contribution in [0.3, 0.4) is 0 Å². The summed E-state index contributed by atoms with van der Waals surface area (Å²) in [5.41, 5.74) is 0. The summed E-state index contributed by atoms with van der Waals surface area (Å²) in [6.45, 7) is 4.36. The van der Waals surface area contributed by atoms with Crippen molar-refractivity contribution in [2.45, 2.75) is 63.2 Å². The molecule has 1 fully saturated rings. The van der Waals surface area contributed by atoms with Gasteiger partial charge in [0.25, 0.3) is 0 Å². The lowest BCUT2D eigenvalue weighted by Gasteiger charge is -2.36. The minimum absolute atomic E-state index is 0.0857. The molecule has 0 spiro atoms. The van der Waals surface area contributed by atoms with Gasteiger partial charge in [-0.25, -0.2) is 9.59 Å². The van der Waals surface area contributed by atoms with Crippen molar-refractivity contribution in [1.29, 1.82) is 0 Å². The van der Waals surface area contributed by atoms with Gasteiger partial charge in [-0.2, -0.15) is 11.8 Å².